The number of hydrogen-bond donors (Lipinski definition) is 2. The molecule has 1 fully saturated rings. The Balaban J connectivity index is 0.000000401. The van der Waals surface area contributed by atoms with Gasteiger partial charge in [-0.3, -0.25) is 4.90 Å². The summed E-state index contributed by atoms with van der Waals surface area (Å²) >= 11 is 0. The Morgan fingerprint density at radius 3 is 2.35 bits per heavy atom. The number of para-hydroxylation sites is 1. The Morgan fingerprint density at radius 1 is 1.10 bits per heavy atom. The summed E-state index contributed by atoms with van der Waals surface area (Å²) in [5.74, 6) is -3.65. The predicted molar refractivity (Wildman–Crippen MR) is 116 cm³/mol. The summed E-state index contributed by atoms with van der Waals surface area (Å²) in [6, 6.07) is 10.5. The van der Waals surface area contributed by atoms with Gasteiger partial charge in [0, 0.05) is 25.2 Å². The normalized spacial score (nSPS) is 22.3. The van der Waals surface area contributed by atoms with Gasteiger partial charge in [0.25, 0.3) is 0 Å². The number of fused-ring (bicyclic) bond motifs is 1. The molecule has 1 aromatic heterocycles. The number of allylic oxidation sites excluding steroid dienone is 1. The van der Waals surface area contributed by atoms with Crippen LogP contribution in [-0.4, -0.2) is 68.7 Å². The molecule has 1 saturated heterocycles. The fourth-order valence-corrected chi connectivity index (χ4v) is 4.14. The van der Waals surface area contributed by atoms with Gasteiger partial charge in [-0.2, -0.15) is 5.10 Å². The van der Waals surface area contributed by atoms with E-state index in [1.54, 1.807) is 0 Å². The minimum Gasteiger partial charge on any atom is -0.473 e. The molecule has 31 heavy (non-hydrogen) atoms. The van der Waals surface area contributed by atoms with E-state index in [2.05, 4.69) is 71.1 Å². The lowest BCUT2D eigenvalue weighted by Gasteiger charge is -2.34. The summed E-state index contributed by atoms with van der Waals surface area (Å²) in [7, 11) is 0. The molecule has 1 aliphatic carbocycles. The first-order valence-electron chi connectivity index (χ1n) is 10.5. The van der Waals surface area contributed by atoms with Gasteiger partial charge in [0.15, 0.2) is 0 Å². The van der Waals surface area contributed by atoms with Crippen molar-refractivity contribution in [3.63, 3.8) is 0 Å². The number of rotatable bonds is 3. The molecule has 2 aliphatic rings. The molecule has 0 saturated carbocycles. The van der Waals surface area contributed by atoms with Crippen LogP contribution >= 0.6 is 0 Å². The second-order valence-electron chi connectivity index (χ2n) is 7.92. The van der Waals surface area contributed by atoms with Crippen LogP contribution < -0.4 is 0 Å². The summed E-state index contributed by atoms with van der Waals surface area (Å²) in [5, 5.41) is 19.5. The highest BCUT2D eigenvalue weighted by Gasteiger charge is 2.23. The van der Waals surface area contributed by atoms with Crippen LogP contribution in [0.4, 0.5) is 0 Å². The molecule has 2 aromatic rings. The highest BCUT2D eigenvalue weighted by Crippen LogP contribution is 2.32. The molecule has 8 nitrogen and oxygen atoms in total. The third-order valence-corrected chi connectivity index (χ3v) is 5.35. The van der Waals surface area contributed by atoms with Crippen LogP contribution in [0.3, 0.4) is 0 Å². The fraction of sp³-hybridized carbons (Fsp3) is 0.435. The third kappa shape index (κ3) is 6.02. The third-order valence-electron chi connectivity index (χ3n) is 5.35. The summed E-state index contributed by atoms with van der Waals surface area (Å²) < 4.78 is 7.95. The van der Waals surface area contributed by atoms with Crippen LogP contribution in [0.5, 0.6) is 0 Å². The van der Waals surface area contributed by atoms with E-state index in [9.17, 15) is 0 Å². The zero-order valence-electron chi connectivity index (χ0n) is 17.9. The Labute approximate surface area is 181 Å². The fourth-order valence-electron chi connectivity index (χ4n) is 4.14. The maximum Gasteiger partial charge on any atom is 0.414 e. The largest absolute Gasteiger partial charge is 0.473 e. The van der Waals surface area contributed by atoms with Crippen molar-refractivity contribution in [1.82, 2.24) is 14.7 Å². The van der Waals surface area contributed by atoms with E-state index >= 15 is 0 Å². The van der Waals surface area contributed by atoms with E-state index in [-0.39, 0.29) is 0 Å². The Bertz CT molecular complexity index is 916. The molecule has 4 rings (SSSR count). The van der Waals surface area contributed by atoms with E-state index < -0.39 is 11.9 Å². The number of ether oxygens (including phenoxy) is 1. The predicted octanol–water partition coefficient (Wildman–Crippen LogP) is 2.86. The van der Waals surface area contributed by atoms with Gasteiger partial charge in [0.05, 0.1) is 29.8 Å². The summed E-state index contributed by atoms with van der Waals surface area (Å²) in [6.07, 6.45) is 8.58. The Morgan fingerprint density at radius 2 is 1.74 bits per heavy atom. The molecule has 1 aliphatic heterocycles. The minimum atomic E-state index is -1.82. The summed E-state index contributed by atoms with van der Waals surface area (Å²) in [5.41, 5.74) is 5.30. The van der Waals surface area contributed by atoms with Crippen LogP contribution in [0.2, 0.25) is 0 Å². The van der Waals surface area contributed by atoms with Crippen molar-refractivity contribution >= 4 is 17.5 Å². The molecular weight excluding hydrogens is 398 g/mol. The van der Waals surface area contributed by atoms with Gasteiger partial charge in [0.2, 0.25) is 0 Å². The molecule has 0 spiro atoms. The molecule has 0 amide bonds. The second kappa shape index (κ2) is 10.4. The van der Waals surface area contributed by atoms with E-state index in [1.807, 2.05) is 0 Å². The van der Waals surface area contributed by atoms with Gasteiger partial charge in [-0.25, -0.2) is 14.3 Å². The standard InChI is InChI=1S/C21H27N3O.C2H2O4/c1-16-14-23(15-17(2)25-16)12-11-18-7-6-10-21-20(18)13-22-24(21)19-8-4-3-5-9-19;3-1(4)2(5)6/h3-5,8-9,11,13,16-17H,6-7,10,12,14-15H2,1-2H3;(H,3,4)(H,5,6)/b18-11+;. The zero-order valence-corrected chi connectivity index (χ0v) is 17.9. The van der Waals surface area contributed by atoms with Gasteiger partial charge in [-0.15, -0.1) is 0 Å². The molecule has 1 aromatic carbocycles. The lowest BCUT2D eigenvalue weighted by molar-refractivity contribution is -0.159. The van der Waals surface area contributed by atoms with Crippen molar-refractivity contribution in [3.05, 3.63) is 53.9 Å². The maximum absolute atomic E-state index is 9.10. The number of nitrogens with zero attached hydrogens (tertiary/aromatic N) is 3. The first kappa shape index (κ1) is 22.7. The Kier molecular flexibility index (Phi) is 7.59. The number of aliphatic carboxylic acids is 2. The average Bonchev–Trinajstić information content (AvgIpc) is 3.17. The smallest absolute Gasteiger partial charge is 0.414 e. The lowest BCUT2D eigenvalue weighted by Crippen LogP contribution is -2.45. The van der Waals surface area contributed by atoms with E-state index in [0.717, 1.165) is 38.2 Å². The molecule has 8 heteroatoms. The first-order chi connectivity index (χ1) is 14.8. The number of carbonyl (C=O) groups is 2. The number of carboxylic acids is 2. The molecule has 0 bridgehead atoms. The molecule has 2 atom stereocenters. The number of morpholine rings is 1. The number of carboxylic acid groups (broad SMARTS) is 2. The second-order valence-corrected chi connectivity index (χ2v) is 7.92. The van der Waals surface area contributed by atoms with Gasteiger partial charge in [-0.1, -0.05) is 24.3 Å². The summed E-state index contributed by atoms with van der Waals surface area (Å²) in [4.78, 5) is 20.7. The first-order valence-corrected chi connectivity index (χ1v) is 10.5. The molecule has 0 radical (unpaired) electrons. The maximum atomic E-state index is 9.10. The van der Waals surface area contributed by atoms with Crippen LogP contribution in [-0.2, 0) is 20.7 Å². The van der Waals surface area contributed by atoms with Gasteiger partial charge in [0.1, 0.15) is 0 Å². The van der Waals surface area contributed by atoms with Crippen LogP contribution in [0.25, 0.3) is 11.3 Å². The highest BCUT2D eigenvalue weighted by molar-refractivity contribution is 6.27. The monoisotopic (exact) mass is 427 g/mol. The molecule has 166 valence electrons. The van der Waals surface area contributed by atoms with E-state index in [4.69, 9.17) is 24.5 Å². The number of aromatic nitrogens is 2. The van der Waals surface area contributed by atoms with E-state index in [1.165, 1.54) is 23.3 Å². The molecule has 2 heterocycles. The van der Waals surface area contributed by atoms with Crippen molar-refractivity contribution < 1.29 is 24.5 Å². The zero-order chi connectivity index (χ0) is 22.4. The van der Waals surface area contributed by atoms with Crippen molar-refractivity contribution in [2.24, 2.45) is 0 Å². The quantitative estimate of drug-likeness (QED) is 0.726. The summed E-state index contributed by atoms with van der Waals surface area (Å²) in [6.45, 7) is 7.37. The van der Waals surface area contributed by atoms with Crippen molar-refractivity contribution in [2.45, 2.75) is 45.3 Å². The van der Waals surface area contributed by atoms with Crippen LogP contribution in [0, 0.1) is 0 Å². The molecule has 2 N–H and O–H groups in total. The van der Waals surface area contributed by atoms with Crippen molar-refractivity contribution in [3.8, 4) is 5.69 Å². The SMILES string of the molecule is CC1CN(C/C=C2\CCCc3c2cnn3-c2ccccc2)CC(C)O1.O=C(O)C(=O)O. The molecular formula is C23H29N3O5. The Hall–Kier alpha value is -2.97. The van der Waals surface area contributed by atoms with Crippen molar-refractivity contribution in [2.75, 3.05) is 19.6 Å². The van der Waals surface area contributed by atoms with Crippen LogP contribution in [0.15, 0.2) is 42.6 Å². The van der Waals surface area contributed by atoms with Crippen LogP contribution in [0.1, 0.15) is 37.9 Å². The van der Waals surface area contributed by atoms with Gasteiger partial charge >= 0.3 is 11.9 Å². The topological polar surface area (TPSA) is 105 Å². The van der Waals surface area contributed by atoms with Gasteiger partial charge in [-0.05, 0) is 50.8 Å². The van der Waals surface area contributed by atoms with Gasteiger partial charge < -0.3 is 14.9 Å². The number of hydrogen-bond acceptors (Lipinski definition) is 5. The number of benzene rings is 1. The average molecular weight is 428 g/mol. The van der Waals surface area contributed by atoms with Crippen molar-refractivity contribution in [1.29, 1.82) is 0 Å². The highest BCUT2D eigenvalue weighted by atomic mass is 16.5. The minimum absolute atomic E-state index is 0.324. The lowest BCUT2D eigenvalue weighted by atomic mass is 9.92. The van der Waals surface area contributed by atoms with E-state index in [0.29, 0.717) is 12.2 Å². The molecule has 2 unspecified atom stereocenters.